The van der Waals surface area contributed by atoms with E-state index >= 15 is 0 Å². The molecular formula is C26H38FN5O2. The van der Waals surface area contributed by atoms with Gasteiger partial charge in [-0.3, -0.25) is 4.79 Å². The van der Waals surface area contributed by atoms with Crippen LogP contribution in [0.15, 0.2) is 22.6 Å². The average molecular weight is 472 g/mol. The van der Waals surface area contributed by atoms with Crippen LogP contribution in [0.25, 0.3) is 0 Å². The van der Waals surface area contributed by atoms with Crippen LogP contribution >= 0.6 is 0 Å². The highest BCUT2D eigenvalue weighted by Gasteiger charge is 2.30. The number of aryl methyl sites for hydroxylation is 1. The molecule has 3 saturated heterocycles. The predicted octanol–water partition coefficient (Wildman–Crippen LogP) is 4.92. The fourth-order valence-corrected chi connectivity index (χ4v) is 4.98. The number of carbonyl (C=O) groups is 1. The standard InChI is InChI=1S/C24H32FN5O2.C2H6/c1-17-22(27-24(32-17)30-13-8-18(16-30)15-28-9-5-10-28)23(31)26-19-6-7-21(20(25)14-19)29-11-3-2-4-12-29;1-2/h6-7,14,18H,2-5,8-13,15-16H2,1H3,(H,26,31);1-2H3. The van der Waals surface area contributed by atoms with Gasteiger partial charge in [-0.1, -0.05) is 13.8 Å². The minimum atomic E-state index is -0.376. The number of halogens is 1. The summed E-state index contributed by atoms with van der Waals surface area (Å²) in [6.45, 7) is 12.8. The third-order valence-electron chi connectivity index (χ3n) is 6.92. The molecule has 0 radical (unpaired) electrons. The van der Waals surface area contributed by atoms with E-state index in [0.29, 0.717) is 29.1 Å². The van der Waals surface area contributed by atoms with Crippen molar-refractivity contribution in [2.24, 2.45) is 5.92 Å². The van der Waals surface area contributed by atoms with Crippen LogP contribution in [0.5, 0.6) is 0 Å². The largest absolute Gasteiger partial charge is 0.428 e. The molecule has 1 N–H and O–H groups in total. The van der Waals surface area contributed by atoms with Crippen molar-refractivity contribution in [2.75, 3.05) is 60.9 Å². The van der Waals surface area contributed by atoms with Gasteiger partial charge in [0.2, 0.25) is 0 Å². The Labute approximate surface area is 202 Å². The molecule has 7 nitrogen and oxygen atoms in total. The molecule has 3 aliphatic rings. The molecule has 3 fully saturated rings. The fourth-order valence-electron chi connectivity index (χ4n) is 4.98. The summed E-state index contributed by atoms with van der Waals surface area (Å²) in [5.74, 6) is 0.404. The second-order valence-electron chi connectivity index (χ2n) is 9.32. The number of nitrogens with one attached hydrogen (secondary N) is 1. The maximum Gasteiger partial charge on any atom is 0.298 e. The van der Waals surface area contributed by atoms with Crippen LogP contribution in [0.1, 0.15) is 62.2 Å². The minimum Gasteiger partial charge on any atom is -0.428 e. The number of hydrogen-bond acceptors (Lipinski definition) is 6. The quantitative estimate of drug-likeness (QED) is 0.645. The molecule has 1 aromatic heterocycles. The summed E-state index contributed by atoms with van der Waals surface area (Å²) in [5, 5.41) is 2.78. The Morgan fingerprint density at radius 2 is 1.85 bits per heavy atom. The zero-order chi connectivity index (χ0) is 24.1. The lowest BCUT2D eigenvalue weighted by atomic mass is 10.1. The van der Waals surface area contributed by atoms with Crippen molar-refractivity contribution in [2.45, 2.75) is 52.9 Å². The maximum absolute atomic E-state index is 14.7. The highest BCUT2D eigenvalue weighted by atomic mass is 19.1. The lowest BCUT2D eigenvalue weighted by molar-refractivity contribution is 0.102. The van der Waals surface area contributed by atoms with E-state index in [0.717, 1.165) is 52.0 Å². The average Bonchev–Trinajstić information content (AvgIpc) is 3.45. The molecule has 0 saturated carbocycles. The van der Waals surface area contributed by atoms with Gasteiger partial charge in [0, 0.05) is 38.4 Å². The number of oxazole rings is 1. The van der Waals surface area contributed by atoms with Gasteiger partial charge in [0.05, 0.1) is 5.69 Å². The summed E-state index contributed by atoms with van der Waals surface area (Å²) >= 11 is 0. The maximum atomic E-state index is 14.7. The fraction of sp³-hybridized carbons (Fsp3) is 0.615. The summed E-state index contributed by atoms with van der Waals surface area (Å²) < 4.78 is 20.5. The number of amides is 1. The number of aromatic nitrogens is 1. The van der Waals surface area contributed by atoms with Crippen molar-refractivity contribution in [1.82, 2.24) is 9.88 Å². The van der Waals surface area contributed by atoms with Crippen molar-refractivity contribution in [3.05, 3.63) is 35.5 Å². The van der Waals surface area contributed by atoms with E-state index in [2.05, 4.69) is 25.0 Å². The van der Waals surface area contributed by atoms with Gasteiger partial charge in [-0.15, -0.1) is 0 Å². The Kier molecular flexibility index (Phi) is 8.08. The number of benzene rings is 1. The number of likely N-dealkylation sites (tertiary alicyclic amines) is 1. The van der Waals surface area contributed by atoms with Crippen LogP contribution in [-0.2, 0) is 0 Å². The van der Waals surface area contributed by atoms with Gasteiger partial charge in [-0.2, -0.15) is 4.98 Å². The number of hydrogen-bond donors (Lipinski definition) is 1. The SMILES string of the molecule is CC.Cc1oc(N2CCC(CN3CCC3)C2)nc1C(=O)Nc1ccc(N2CCCCC2)c(F)c1. The van der Waals surface area contributed by atoms with Crippen LogP contribution in [-0.4, -0.2) is 61.6 Å². The van der Waals surface area contributed by atoms with Gasteiger partial charge in [0.1, 0.15) is 11.6 Å². The highest BCUT2D eigenvalue weighted by molar-refractivity contribution is 6.03. The Balaban J connectivity index is 0.00000133. The monoisotopic (exact) mass is 471 g/mol. The molecule has 1 unspecified atom stereocenters. The number of anilines is 3. The molecule has 4 heterocycles. The molecule has 3 aliphatic heterocycles. The van der Waals surface area contributed by atoms with E-state index in [1.165, 1.54) is 32.0 Å². The second kappa shape index (κ2) is 11.2. The molecule has 1 atom stereocenters. The summed E-state index contributed by atoms with van der Waals surface area (Å²) in [5.41, 5.74) is 1.28. The first kappa shape index (κ1) is 24.5. The predicted molar refractivity (Wildman–Crippen MR) is 134 cm³/mol. The molecule has 5 rings (SSSR count). The van der Waals surface area contributed by atoms with Crippen molar-refractivity contribution in [3.63, 3.8) is 0 Å². The lowest BCUT2D eigenvalue weighted by Gasteiger charge is -2.32. The highest BCUT2D eigenvalue weighted by Crippen LogP contribution is 2.28. The normalized spacial score (nSPS) is 20.5. The first-order valence-electron chi connectivity index (χ1n) is 12.9. The molecule has 0 bridgehead atoms. The van der Waals surface area contributed by atoms with Crippen molar-refractivity contribution < 1.29 is 13.6 Å². The topological polar surface area (TPSA) is 64.9 Å². The van der Waals surface area contributed by atoms with Crippen LogP contribution in [0.2, 0.25) is 0 Å². The van der Waals surface area contributed by atoms with Gasteiger partial charge in [0.15, 0.2) is 5.69 Å². The third kappa shape index (κ3) is 5.54. The van der Waals surface area contributed by atoms with E-state index in [9.17, 15) is 9.18 Å². The first-order chi connectivity index (χ1) is 16.6. The molecular weight excluding hydrogens is 433 g/mol. The van der Waals surface area contributed by atoms with Gasteiger partial charge >= 0.3 is 0 Å². The molecule has 1 amide bonds. The van der Waals surface area contributed by atoms with Gasteiger partial charge < -0.3 is 24.4 Å². The number of nitrogens with zero attached hydrogens (tertiary/aromatic N) is 4. The molecule has 0 aliphatic carbocycles. The van der Waals surface area contributed by atoms with Crippen LogP contribution in [0.3, 0.4) is 0 Å². The first-order valence-corrected chi connectivity index (χ1v) is 12.9. The molecule has 1 aromatic carbocycles. The van der Waals surface area contributed by atoms with Gasteiger partial charge in [0.25, 0.3) is 11.9 Å². The van der Waals surface area contributed by atoms with Gasteiger partial charge in [-0.05, 0) is 76.2 Å². The number of carbonyl (C=O) groups excluding carboxylic acids is 1. The summed E-state index contributed by atoms with van der Waals surface area (Å²) in [6.07, 6.45) is 5.78. The third-order valence-corrected chi connectivity index (χ3v) is 6.92. The number of piperidine rings is 1. The minimum absolute atomic E-state index is 0.256. The van der Waals surface area contributed by atoms with E-state index in [-0.39, 0.29) is 17.4 Å². The second-order valence-corrected chi connectivity index (χ2v) is 9.32. The van der Waals surface area contributed by atoms with Gasteiger partial charge in [-0.25, -0.2) is 4.39 Å². The Bertz CT molecular complexity index is 968. The van der Waals surface area contributed by atoms with Crippen molar-refractivity contribution in [1.29, 1.82) is 0 Å². The van der Waals surface area contributed by atoms with E-state index in [1.807, 2.05) is 13.8 Å². The van der Waals surface area contributed by atoms with E-state index < -0.39 is 0 Å². The summed E-state index contributed by atoms with van der Waals surface area (Å²) in [4.78, 5) is 24.0. The smallest absolute Gasteiger partial charge is 0.298 e. The zero-order valence-electron chi connectivity index (χ0n) is 20.8. The molecule has 186 valence electrons. The van der Waals surface area contributed by atoms with Crippen LogP contribution < -0.4 is 15.1 Å². The lowest BCUT2D eigenvalue weighted by Crippen LogP contribution is -2.41. The van der Waals surface area contributed by atoms with Crippen LogP contribution in [0.4, 0.5) is 21.8 Å². The van der Waals surface area contributed by atoms with Crippen molar-refractivity contribution in [3.8, 4) is 0 Å². The Morgan fingerprint density at radius 3 is 2.53 bits per heavy atom. The Morgan fingerprint density at radius 1 is 1.09 bits per heavy atom. The number of rotatable bonds is 6. The molecule has 0 spiro atoms. The summed E-state index contributed by atoms with van der Waals surface area (Å²) in [6, 6.07) is 5.39. The van der Waals surface area contributed by atoms with Crippen LogP contribution in [0, 0.1) is 18.7 Å². The zero-order valence-corrected chi connectivity index (χ0v) is 20.8. The molecule has 8 heteroatoms. The Hall–Kier alpha value is -2.61. The van der Waals surface area contributed by atoms with E-state index in [4.69, 9.17) is 4.42 Å². The van der Waals surface area contributed by atoms with E-state index in [1.54, 1.807) is 19.1 Å². The van der Waals surface area contributed by atoms with Crippen molar-refractivity contribution >= 4 is 23.3 Å². The summed E-state index contributed by atoms with van der Waals surface area (Å²) in [7, 11) is 0. The molecule has 34 heavy (non-hydrogen) atoms. The molecule has 2 aromatic rings.